The fourth-order valence-corrected chi connectivity index (χ4v) is 2.13. The maximum absolute atomic E-state index is 13.7. The molecule has 0 fully saturated rings. The van der Waals surface area contributed by atoms with Crippen LogP contribution in [0.15, 0.2) is 41.2 Å². The predicted molar refractivity (Wildman–Crippen MR) is 70.9 cm³/mol. The summed E-state index contributed by atoms with van der Waals surface area (Å²) in [7, 11) is 1.42. The molecule has 0 aliphatic rings. The minimum absolute atomic E-state index is 0.193. The summed E-state index contributed by atoms with van der Waals surface area (Å²) in [5.74, 6) is -0.242. The molecule has 0 unspecified atom stereocenters. The molecule has 0 amide bonds. The summed E-state index contributed by atoms with van der Waals surface area (Å²) in [5.41, 5.74) is 2.52. The number of halogens is 1. The third-order valence-corrected chi connectivity index (χ3v) is 3.01. The summed E-state index contributed by atoms with van der Waals surface area (Å²) < 4.78 is 18.6. The fraction of sp³-hybridized carbons (Fsp3) is 0.0714. The largest absolute Gasteiger partial charge is 0.494 e. The van der Waals surface area contributed by atoms with Crippen molar-refractivity contribution in [3.63, 3.8) is 0 Å². The normalized spacial score (nSPS) is 10.8. The number of benzene rings is 2. The van der Waals surface area contributed by atoms with Gasteiger partial charge in [-0.2, -0.15) is 0 Å². The summed E-state index contributed by atoms with van der Waals surface area (Å²) in [6.07, 6.45) is 0. The number of ether oxygens (including phenoxy) is 1. The van der Waals surface area contributed by atoms with E-state index in [2.05, 4.69) is 9.97 Å². The number of rotatable bonds is 2. The van der Waals surface area contributed by atoms with Gasteiger partial charge in [0.25, 0.3) is 0 Å². The quantitative estimate of drug-likeness (QED) is 0.742. The van der Waals surface area contributed by atoms with E-state index in [0.29, 0.717) is 16.6 Å². The summed E-state index contributed by atoms with van der Waals surface area (Å²) in [6, 6.07) is 10.1. The first-order valence-electron chi connectivity index (χ1n) is 5.74. The van der Waals surface area contributed by atoms with E-state index >= 15 is 0 Å². The minimum Gasteiger partial charge on any atom is -0.494 e. The zero-order chi connectivity index (χ0) is 13.4. The lowest BCUT2D eigenvalue weighted by molar-refractivity contribution is 0.386. The molecule has 3 aromatic rings. The number of imidazole rings is 1. The van der Waals surface area contributed by atoms with E-state index in [1.165, 1.54) is 13.2 Å². The highest BCUT2D eigenvalue weighted by atomic mass is 19.1. The van der Waals surface area contributed by atoms with Crippen LogP contribution in [0.2, 0.25) is 0 Å². The molecule has 1 heterocycles. The van der Waals surface area contributed by atoms with Crippen LogP contribution in [0.5, 0.6) is 5.75 Å². The van der Waals surface area contributed by atoms with Crippen LogP contribution >= 0.6 is 0 Å². The molecule has 0 saturated heterocycles. The first kappa shape index (κ1) is 11.5. The molecule has 2 N–H and O–H groups in total. The monoisotopic (exact) mass is 258 g/mol. The van der Waals surface area contributed by atoms with Gasteiger partial charge in [0.05, 0.1) is 18.1 Å². The number of hydrogen-bond donors (Lipinski definition) is 2. The molecule has 5 heteroatoms. The van der Waals surface area contributed by atoms with Gasteiger partial charge in [-0.1, -0.05) is 18.2 Å². The molecule has 1 aromatic heterocycles. The molecule has 0 aliphatic heterocycles. The maximum Gasteiger partial charge on any atom is 0.323 e. The first-order chi connectivity index (χ1) is 9.19. The van der Waals surface area contributed by atoms with Crippen molar-refractivity contribution in [3.8, 4) is 16.9 Å². The van der Waals surface area contributed by atoms with Crippen LogP contribution in [0.3, 0.4) is 0 Å². The molecule has 96 valence electrons. The van der Waals surface area contributed by atoms with Crippen molar-refractivity contribution < 1.29 is 9.13 Å². The number of nitrogens with one attached hydrogen (secondary N) is 2. The van der Waals surface area contributed by atoms with Gasteiger partial charge in [0, 0.05) is 5.56 Å². The Balaban J connectivity index is 2.24. The lowest BCUT2D eigenvalue weighted by atomic mass is 10.0. The highest BCUT2D eigenvalue weighted by Gasteiger charge is 2.09. The van der Waals surface area contributed by atoms with Gasteiger partial charge in [-0.25, -0.2) is 9.18 Å². The van der Waals surface area contributed by atoms with E-state index < -0.39 is 5.82 Å². The number of hydrogen-bond acceptors (Lipinski definition) is 2. The second-order valence-corrected chi connectivity index (χ2v) is 4.16. The molecular weight excluding hydrogens is 247 g/mol. The second-order valence-electron chi connectivity index (χ2n) is 4.16. The Morgan fingerprint density at radius 2 is 2.00 bits per heavy atom. The number of aromatic amines is 2. The fourth-order valence-electron chi connectivity index (χ4n) is 2.13. The molecule has 4 nitrogen and oxygen atoms in total. The van der Waals surface area contributed by atoms with Gasteiger partial charge in [0.2, 0.25) is 0 Å². The molecule has 19 heavy (non-hydrogen) atoms. The van der Waals surface area contributed by atoms with Gasteiger partial charge in [-0.3, -0.25) is 0 Å². The van der Waals surface area contributed by atoms with Gasteiger partial charge in [-0.15, -0.1) is 0 Å². The van der Waals surface area contributed by atoms with Gasteiger partial charge in [-0.05, 0) is 23.8 Å². The van der Waals surface area contributed by atoms with Crippen molar-refractivity contribution in [2.75, 3.05) is 7.11 Å². The van der Waals surface area contributed by atoms with Crippen LogP contribution in [-0.2, 0) is 0 Å². The third-order valence-electron chi connectivity index (χ3n) is 3.01. The van der Waals surface area contributed by atoms with Gasteiger partial charge >= 0.3 is 5.69 Å². The van der Waals surface area contributed by atoms with E-state index in [1.807, 2.05) is 12.1 Å². The number of H-pyrrole nitrogens is 2. The summed E-state index contributed by atoms with van der Waals surface area (Å²) in [5, 5.41) is 0. The van der Waals surface area contributed by atoms with Gasteiger partial charge in [0.15, 0.2) is 11.6 Å². The lowest BCUT2D eigenvalue weighted by Crippen LogP contribution is -1.99. The van der Waals surface area contributed by atoms with Gasteiger partial charge in [0.1, 0.15) is 0 Å². The summed E-state index contributed by atoms with van der Waals surface area (Å²) >= 11 is 0. The molecule has 0 atom stereocenters. The molecule has 0 spiro atoms. The van der Waals surface area contributed by atoms with E-state index in [-0.39, 0.29) is 11.4 Å². The predicted octanol–water partition coefficient (Wildman–Crippen LogP) is 2.67. The van der Waals surface area contributed by atoms with Gasteiger partial charge < -0.3 is 14.7 Å². The molecule has 3 rings (SSSR count). The zero-order valence-corrected chi connectivity index (χ0v) is 10.2. The Hall–Kier alpha value is -2.56. The summed E-state index contributed by atoms with van der Waals surface area (Å²) in [4.78, 5) is 16.7. The van der Waals surface area contributed by atoms with E-state index in [9.17, 15) is 9.18 Å². The van der Waals surface area contributed by atoms with Crippen LogP contribution in [-0.4, -0.2) is 17.1 Å². The van der Waals surface area contributed by atoms with Crippen molar-refractivity contribution in [2.45, 2.75) is 0 Å². The van der Waals surface area contributed by atoms with Crippen LogP contribution in [0, 0.1) is 5.82 Å². The highest BCUT2D eigenvalue weighted by Crippen LogP contribution is 2.29. The molecule has 0 saturated carbocycles. The zero-order valence-electron chi connectivity index (χ0n) is 10.2. The Morgan fingerprint density at radius 3 is 2.74 bits per heavy atom. The Kier molecular flexibility index (Phi) is 2.59. The van der Waals surface area contributed by atoms with Crippen molar-refractivity contribution in [2.24, 2.45) is 0 Å². The molecular formula is C14H11FN2O2. The SMILES string of the molecule is COc1ccc(-c2cccc3[nH]c(=O)[nH]c23)cc1F. The molecule has 0 bridgehead atoms. The van der Waals surface area contributed by atoms with E-state index in [4.69, 9.17) is 4.74 Å². The number of para-hydroxylation sites is 1. The first-order valence-corrected chi connectivity index (χ1v) is 5.74. The molecule has 0 radical (unpaired) electrons. The van der Waals surface area contributed by atoms with Crippen LogP contribution < -0.4 is 10.4 Å². The topological polar surface area (TPSA) is 57.9 Å². The smallest absolute Gasteiger partial charge is 0.323 e. The Bertz CT molecular complexity index is 805. The highest BCUT2D eigenvalue weighted by molar-refractivity contribution is 5.91. The maximum atomic E-state index is 13.7. The average molecular weight is 258 g/mol. The standard InChI is InChI=1S/C14H11FN2O2/c1-19-12-6-5-8(7-10(12)15)9-3-2-4-11-13(9)17-14(18)16-11/h2-7H,1H3,(H2,16,17,18). The van der Waals surface area contributed by atoms with E-state index in [0.717, 1.165) is 5.56 Å². The number of fused-ring (bicyclic) bond motifs is 1. The van der Waals surface area contributed by atoms with Crippen molar-refractivity contribution in [1.29, 1.82) is 0 Å². The van der Waals surface area contributed by atoms with Crippen molar-refractivity contribution in [1.82, 2.24) is 9.97 Å². The second kappa shape index (κ2) is 4.28. The van der Waals surface area contributed by atoms with E-state index in [1.54, 1.807) is 18.2 Å². The lowest BCUT2D eigenvalue weighted by Gasteiger charge is -2.06. The van der Waals surface area contributed by atoms with Crippen molar-refractivity contribution >= 4 is 11.0 Å². The van der Waals surface area contributed by atoms with Crippen LogP contribution in [0.1, 0.15) is 0 Å². The minimum atomic E-state index is -0.435. The summed E-state index contributed by atoms with van der Waals surface area (Å²) in [6.45, 7) is 0. The Morgan fingerprint density at radius 1 is 1.16 bits per heavy atom. The number of aromatic nitrogens is 2. The van der Waals surface area contributed by atoms with Crippen molar-refractivity contribution in [3.05, 3.63) is 52.7 Å². The number of methoxy groups -OCH3 is 1. The Labute approximate surface area is 107 Å². The van der Waals surface area contributed by atoms with Crippen LogP contribution in [0.25, 0.3) is 22.2 Å². The average Bonchev–Trinajstić information content (AvgIpc) is 2.78. The molecule has 2 aromatic carbocycles. The van der Waals surface area contributed by atoms with Crippen LogP contribution in [0.4, 0.5) is 4.39 Å². The molecule has 0 aliphatic carbocycles. The third kappa shape index (κ3) is 1.89.